The minimum Gasteiger partial charge on any atom is -0.328 e. The molecule has 3 aliphatic rings. The van der Waals surface area contributed by atoms with Crippen LogP contribution in [0.15, 0.2) is 0 Å². The highest BCUT2D eigenvalue weighted by atomic mass is 15.3. The van der Waals surface area contributed by atoms with Crippen molar-refractivity contribution in [3.63, 3.8) is 0 Å². The van der Waals surface area contributed by atoms with Gasteiger partial charge in [-0.25, -0.2) is 0 Å². The molecule has 3 unspecified atom stereocenters. The number of likely N-dealkylation sites (N-methyl/N-ethyl adjacent to an activating group) is 1. The summed E-state index contributed by atoms with van der Waals surface area (Å²) < 4.78 is 0. The molecule has 0 spiro atoms. The Bertz CT molecular complexity index is 275. The Morgan fingerprint density at radius 1 is 1.17 bits per heavy atom. The molecule has 2 bridgehead atoms. The first kappa shape index (κ1) is 12.9. The van der Waals surface area contributed by atoms with E-state index in [1.54, 1.807) is 0 Å². The molecule has 2 N–H and O–H groups in total. The Balaban J connectivity index is 1.60. The van der Waals surface area contributed by atoms with Gasteiger partial charge in [-0.05, 0) is 52.5 Å². The highest BCUT2D eigenvalue weighted by molar-refractivity contribution is 4.96. The van der Waals surface area contributed by atoms with Crippen LogP contribution in [-0.2, 0) is 0 Å². The fourth-order valence-electron chi connectivity index (χ4n) is 4.09. The van der Waals surface area contributed by atoms with Crippen molar-refractivity contribution < 1.29 is 0 Å². The molecule has 3 atom stereocenters. The van der Waals surface area contributed by atoms with Gasteiger partial charge in [-0.1, -0.05) is 6.42 Å². The third-order valence-electron chi connectivity index (χ3n) is 5.46. The Morgan fingerprint density at radius 2 is 1.78 bits per heavy atom. The van der Waals surface area contributed by atoms with Crippen LogP contribution in [0.5, 0.6) is 0 Å². The van der Waals surface area contributed by atoms with E-state index in [0.717, 1.165) is 18.1 Å². The lowest BCUT2D eigenvalue weighted by Crippen LogP contribution is -2.58. The molecule has 3 rings (SSSR count). The average molecular weight is 251 g/mol. The predicted octanol–water partition coefficient (Wildman–Crippen LogP) is 1.81. The van der Waals surface area contributed by atoms with Gasteiger partial charge in [0.25, 0.3) is 0 Å². The van der Waals surface area contributed by atoms with E-state index in [4.69, 9.17) is 5.73 Å². The summed E-state index contributed by atoms with van der Waals surface area (Å²) in [6, 6.07) is 3.61. The van der Waals surface area contributed by atoms with Crippen molar-refractivity contribution in [1.82, 2.24) is 9.80 Å². The van der Waals surface area contributed by atoms with Crippen molar-refractivity contribution in [2.45, 2.75) is 82.1 Å². The molecular weight excluding hydrogens is 222 g/mol. The van der Waals surface area contributed by atoms with Crippen LogP contribution in [0.1, 0.15) is 51.9 Å². The van der Waals surface area contributed by atoms with Gasteiger partial charge < -0.3 is 5.73 Å². The van der Waals surface area contributed by atoms with E-state index >= 15 is 0 Å². The summed E-state index contributed by atoms with van der Waals surface area (Å²) in [5.74, 6) is 0. The van der Waals surface area contributed by atoms with Crippen molar-refractivity contribution in [3.05, 3.63) is 0 Å². The van der Waals surface area contributed by atoms with E-state index < -0.39 is 0 Å². The lowest BCUT2D eigenvalue weighted by Gasteiger charge is -2.49. The number of hydrogen-bond acceptors (Lipinski definition) is 3. The monoisotopic (exact) mass is 251 g/mol. The second kappa shape index (κ2) is 5.10. The fraction of sp³-hybridized carbons (Fsp3) is 1.00. The SMILES string of the molecule is CC(CN1C2CCCC1CC(N)C2)N(C)C1CC1. The predicted molar refractivity (Wildman–Crippen MR) is 75.6 cm³/mol. The maximum Gasteiger partial charge on any atom is 0.0195 e. The highest BCUT2D eigenvalue weighted by Gasteiger charge is 2.38. The van der Waals surface area contributed by atoms with Gasteiger partial charge in [-0.2, -0.15) is 0 Å². The Hall–Kier alpha value is -0.120. The summed E-state index contributed by atoms with van der Waals surface area (Å²) in [7, 11) is 2.31. The number of nitrogens with two attached hydrogens (primary N) is 1. The van der Waals surface area contributed by atoms with Gasteiger partial charge in [0, 0.05) is 36.8 Å². The van der Waals surface area contributed by atoms with Gasteiger partial charge in [0.05, 0.1) is 0 Å². The lowest BCUT2D eigenvalue weighted by molar-refractivity contribution is 0.0116. The van der Waals surface area contributed by atoms with E-state index in [1.807, 2.05) is 0 Å². The molecule has 3 fully saturated rings. The minimum absolute atomic E-state index is 0.466. The molecule has 2 aliphatic heterocycles. The molecule has 3 nitrogen and oxygen atoms in total. The van der Waals surface area contributed by atoms with E-state index in [-0.39, 0.29) is 0 Å². The van der Waals surface area contributed by atoms with Crippen molar-refractivity contribution >= 4 is 0 Å². The maximum absolute atomic E-state index is 6.20. The van der Waals surface area contributed by atoms with Crippen LogP contribution in [0.4, 0.5) is 0 Å². The standard InChI is InChI=1S/C15H29N3/c1-11(17(2)13-6-7-13)10-18-14-4-3-5-15(18)9-12(16)8-14/h11-15H,3-10,16H2,1-2H3. The number of nitrogens with zero attached hydrogens (tertiary/aromatic N) is 2. The van der Waals surface area contributed by atoms with Crippen molar-refractivity contribution in [1.29, 1.82) is 0 Å². The molecule has 0 aromatic rings. The Labute approximate surface area is 112 Å². The largest absolute Gasteiger partial charge is 0.328 e. The molecule has 1 aliphatic carbocycles. The molecule has 1 saturated carbocycles. The summed E-state index contributed by atoms with van der Waals surface area (Å²) in [5, 5.41) is 0. The van der Waals surface area contributed by atoms with Gasteiger partial charge >= 0.3 is 0 Å². The summed E-state index contributed by atoms with van der Waals surface area (Å²) >= 11 is 0. The molecular formula is C15H29N3. The number of hydrogen-bond donors (Lipinski definition) is 1. The Morgan fingerprint density at radius 3 is 2.33 bits per heavy atom. The van der Waals surface area contributed by atoms with Crippen LogP contribution < -0.4 is 5.73 Å². The van der Waals surface area contributed by atoms with E-state index in [1.165, 1.54) is 51.5 Å². The molecule has 3 heteroatoms. The van der Waals surface area contributed by atoms with Gasteiger partial charge in [0.15, 0.2) is 0 Å². The average Bonchev–Trinajstić information content (AvgIpc) is 3.13. The van der Waals surface area contributed by atoms with E-state index in [9.17, 15) is 0 Å². The topological polar surface area (TPSA) is 32.5 Å². The maximum atomic E-state index is 6.20. The zero-order valence-corrected chi connectivity index (χ0v) is 12.0. The van der Waals surface area contributed by atoms with E-state index in [0.29, 0.717) is 12.1 Å². The number of piperidine rings is 2. The van der Waals surface area contributed by atoms with Crippen LogP contribution in [0, 0.1) is 0 Å². The van der Waals surface area contributed by atoms with Gasteiger partial charge in [0.2, 0.25) is 0 Å². The smallest absolute Gasteiger partial charge is 0.0195 e. The third-order valence-corrected chi connectivity index (χ3v) is 5.46. The van der Waals surface area contributed by atoms with Crippen LogP contribution in [0.2, 0.25) is 0 Å². The van der Waals surface area contributed by atoms with Gasteiger partial charge in [-0.3, -0.25) is 9.80 Å². The fourth-order valence-corrected chi connectivity index (χ4v) is 4.09. The quantitative estimate of drug-likeness (QED) is 0.827. The summed E-state index contributed by atoms with van der Waals surface area (Å²) in [4.78, 5) is 5.40. The molecule has 2 saturated heterocycles. The zero-order valence-electron chi connectivity index (χ0n) is 12.0. The normalized spacial score (nSPS) is 39.0. The molecule has 104 valence electrons. The molecule has 18 heavy (non-hydrogen) atoms. The first-order valence-electron chi connectivity index (χ1n) is 7.88. The number of rotatable bonds is 4. The van der Waals surface area contributed by atoms with Gasteiger partial charge in [-0.15, -0.1) is 0 Å². The van der Waals surface area contributed by atoms with Crippen LogP contribution in [-0.4, -0.2) is 53.6 Å². The zero-order chi connectivity index (χ0) is 12.7. The summed E-state index contributed by atoms with van der Waals surface area (Å²) in [6.45, 7) is 3.66. The van der Waals surface area contributed by atoms with Crippen LogP contribution >= 0.6 is 0 Å². The summed E-state index contributed by atoms with van der Waals surface area (Å²) in [5.41, 5.74) is 6.20. The minimum atomic E-state index is 0.466. The number of fused-ring (bicyclic) bond motifs is 2. The highest BCUT2D eigenvalue weighted by Crippen LogP contribution is 2.34. The van der Waals surface area contributed by atoms with Crippen molar-refractivity contribution in [2.75, 3.05) is 13.6 Å². The van der Waals surface area contributed by atoms with Crippen LogP contribution in [0.3, 0.4) is 0 Å². The first-order chi connectivity index (χ1) is 8.65. The molecule has 0 aromatic carbocycles. The van der Waals surface area contributed by atoms with Crippen molar-refractivity contribution in [2.24, 2.45) is 5.73 Å². The van der Waals surface area contributed by atoms with Crippen molar-refractivity contribution in [3.8, 4) is 0 Å². The third kappa shape index (κ3) is 2.59. The molecule has 0 radical (unpaired) electrons. The summed E-state index contributed by atoms with van der Waals surface area (Å²) in [6.07, 6.45) is 9.48. The molecule has 0 amide bonds. The second-order valence-corrected chi connectivity index (χ2v) is 6.91. The lowest BCUT2D eigenvalue weighted by atomic mass is 9.82. The van der Waals surface area contributed by atoms with Gasteiger partial charge in [0.1, 0.15) is 0 Å². The van der Waals surface area contributed by atoms with E-state index in [2.05, 4.69) is 23.8 Å². The first-order valence-corrected chi connectivity index (χ1v) is 7.88. The molecule has 2 heterocycles. The second-order valence-electron chi connectivity index (χ2n) is 6.91. The van der Waals surface area contributed by atoms with Crippen LogP contribution in [0.25, 0.3) is 0 Å². The molecule has 0 aromatic heterocycles. The Kier molecular flexibility index (Phi) is 3.65.